The van der Waals surface area contributed by atoms with E-state index in [9.17, 15) is 4.79 Å². The van der Waals surface area contributed by atoms with Gasteiger partial charge in [0.15, 0.2) is 6.29 Å². The molecule has 1 heterocycles. The Morgan fingerprint density at radius 2 is 1.74 bits per heavy atom. The van der Waals surface area contributed by atoms with Crippen LogP contribution in [0.4, 0.5) is 0 Å². The number of aromatic nitrogens is 1. The van der Waals surface area contributed by atoms with Crippen LogP contribution in [-0.4, -0.2) is 18.4 Å². The Bertz CT molecular complexity index is 851. The summed E-state index contributed by atoms with van der Waals surface area (Å²) in [4.78, 5) is 16.5. The highest BCUT2D eigenvalue weighted by atomic mass is 16.5. The number of nitrogens with zero attached hydrogens (tertiary/aromatic N) is 1. The molecule has 3 nitrogen and oxygen atoms in total. The number of rotatable bonds is 4. The summed E-state index contributed by atoms with van der Waals surface area (Å²) >= 11 is 0. The maximum absolute atomic E-state index is 11.8. The second-order valence-corrected chi connectivity index (χ2v) is 5.80. The van der Waals surface area contributed by atoms with Gasteiger partial charge in [-0.3, -0.25) is 9.78 Å². The highest BCUT2D eigenvalue weighted by molar-refractivity contribution is 6.03. The van der Waals surface area contributed by atoms with Crippen LogP contribution >= 0.6 is 0 Å². The Morgan fingerprint density at radius 1 is 1.04 bits per heavy atom. The molecule has 0 aliphatic carbocycles. The maximum atomic E-state index is 11.8. The minimum Gasteiger partial charge on any atom is -0.497 e. The molecule has 2 aromatic carbocycles. The summed E-state index contributed by atoms with van der Waals surface area (Å²) in [6.07, 6.45) is 0.925. The fourth-order valence-corrected chi connectivity index (χ4v) is 2.87. The zero-order valence-corrected chi connectivity index (χ0v) is 13.5. The lowest BCUT2D eigenvalue weighted by Crippen LogP contribution is -2.03. The van der Waals surface area contributed by atoms with E-state index in [2.05, 4.69) is 13.8 Å². The molecule has 0 radical (unpaired) electrons. The van der Waals surface area contributed by atoms with E-state index in [1.807, 2.05) is 48.5 Å². The van der Waals surface area contributed by atoms with E-state index in [0.717, 1.165) is 39.8 Å². The van der Waals surface area contributed by atoms with E-state index < -0.39 is 0 Å². The van der Waals surface area contributed by atoms with Crippen LogP contribution in [0.3, 0.4) is 0 Å². The summed E-state index contributed by atoms with van der Waals surface area (Å²) in [5.74, 6) is 0.973. The number of benzene rings is 2. The van der Waals surface area contributed by atoms with Crippen molar-refractivity contribution < 1.29 is 9.53 Å². The van der Waals surface area contributed by atoms with Gasteiger partial charge in [0.1, 0.15) is 5.75 Å². The first-order chi connectivity index (χ1) is 11.2. The van der Waals surface area contributed by atoms with Crippen LogP contribution in [0.25, 0.3) is 22.0 Å². The number of para-hydroxylation sites is 1. The summed E-state index contributed by atoms with van der Waals surface area (Å²) in [5.41, 5.74) is 4.35. The zero-order chi connectivity index (χ0) is 16.4. The van der Waals surface area contributed by atoms with Crippen molar-refractivity contribution in [2.75, 3.05) is 7.11 Å². The molecule has 3 rings (SSSR count). The predicted octanol–water partition coefficient (Wildman–Crippen LogP) is 4.85. The van der Waals surface area contributed by atoms with Crippen molar-refractivity contribution in [2.24, 2.45) is 0 Å². The third-order valence-electron chi connectivity index (χ3n) is 4.00. The number of methoxy groups -OCH3 is 1. The van der Waals surface area contributed by atoms with Gasteiger partial charge in [0.25, 0.3) is 0 Å². The third-order valence-corrected chi connectivity index (χ3v) is 4.00. The van der Waals surface area contributed by atoms with Crippen LogP contribution in [0.2, 0.25) is 0 Å². The lowest BCUT2D eigenvalue weighted by molar-refractivity contribution is 0.112. The van der Waals surface area contributed by atoms with Crippen molar-refractivity contribution >= 4 is 17.2 Å². The van der Waals surface area contributed by atoms with Crippen molar-refractivity contribution in [1.29, 1.82) is 0 Å². The highest BCUT2D eigenvalue weighted by Gasteiger charge is 2.18. The fourth-order valence-electron chi connectivity index (χ4n) is 2.87. The summed E-state index contributed by atoms with van der Waals surface area (Å²) in [5, 5.41) is 0.990. The molecule has 3 heteroatoms. The molecule has 0 saturated heterocycles. The van der Waals surface area contributed by atoms with E-state index in [0.29, 0.717) is 5.56 Å². The highest BCUT2D eigenvalue weighted by Crippen LogP contribution is 2.35. The average molecular weight is 305 g/mol. The largest absolute Gasteiger partial charge is 0.497 e. The number of aldehydes is 1. The van der Waals surface area contributed by atoms with Gasteiger partial charge in [-0.05, 0) is 29.7 Å². The number of hydrogen-bond acceptors (Lipinski definition) is 3. The third kappa shape index (κ3) is 2.70. The Kier molecular flexibility index (Phi) is 4.11. The number of fused-ring (bicyclic) bond motifs is 1. The minimum absolute atomic E-state index is 0.178. The van der Waals surface area contributed by atoms with Gasteiger partial charge in [0.05, 0.1) is 18.3 Å². The van der Waals surface area contributed by atoms with Crippen molar-refractivity contribution in [2.45, 2.75) is 19.8 Å². The number of carbonyl (C=O) groups is 1. The van der Waals surface area contributed by atoms with Gasteiger partial charge in [-0.25, -0.2) is 0 Å². The second-order valence-electron chi connectivity index (χ2n) is 5.80. The summed E-state index contributed by atoms with van der Waals surface area (Å²) < 4.78 is 5.23. The maximum Gasteiger partial charge on any atom is 0.152 e. The molecule has 0 N–H and O–H groups in total. The summed E-state index contributed by atoms with van der Waals surface area (Å²) in [6.45, 7) is 4.11. The smallest absolute Gasteiger partial charge is 0.152 e. The Morgan fingerprint density at radius 3 is 2.35 bits per heavy atom. The van der Waals surface area contributed by atoms with Gasteiger partial charge in [0, 0.05) is 16.5 Å². The number of pyridine rings is 1. The van der Waals surface area contributed by atoms with Crippen molar-refractivity contribution in [3.05, 3.63) is 59.8 Å². The molecule has 116 valence electrons. The molecule has 0 amide bonds. The lowest BCUT2D eigenvalue weighted by atomic mass is 9.91. The molecule has 0 atom stereocenters. The first-order valence-electron chi connectivity index (χ1n) is 7.68. The van der Waals surface area contributed by atoms with Gasteiger partial charge in [0.2, 0.25) is 0 Å². The van der Waals surface area contributed by atoms with Crippen LogP contribution in [0, 0.1) is 0 Å². The molecule has 0 fully saturated rings. The second kappa shape index (κ2) is 6.21. The fraction of sp³-hybridized carbons (Fsp3) is 0.200. The SMILES string of the molecule is COc1ccc(-c2c(C=O)c(C(C)C)nc3ccccc23)cc1. The molecule has 0 aliphatic heterocycles. The Balaban J connectivity index is 2.37. The zero-order valence-electron chi connectivity index (χ0n) is 13.5. The van der Waals surface area contributed by atoms with E-state index in [-0.39, 0.29) is 5.92 Å². The van der Waals surface area contributed by atoms with Gasteiger partial charge in [-0.1, -0.05) is 44.2 Å². The first kappa shape index (κ1) is 15.2. The lowest BCUT2D eigenvalue weighted by Gasteiger charge is -2.16. The van der Waals surface area contributed by atoms with Crippen LogP contribution in [-0.2, 0) is 0 Å². The van der Waals surface area contributed by atoms with Gasteiger partial charge >= 0.3 is 0 Å². The molecule has 0 unspecified atom stereocenters. The van der Waals surface area contributed by atoms with Gasteiger partial charge in [-0.15, -0.1) is 0 Å². The Labute approximate surface area is 135 Å². The molecule has 23 heavy (non-hydrogen) atoms. The topological polar surface area (TPSA) is 39.2 Å². The molecule has 3 aromatic rings. The Hall–Kier alpha value is -2.68. The molecule has 1 aromatic heterocycles. The first-order valence-corrected chi connectivity index (χ1v) is 7.68. The van der Waals surface area contributed by atoms with Crippen LogP contribution in [0.5, 0.6) is 5.75 Å². The van der Waals surface area contributed by atoms with E-state index in [1.165, 1.54) is 0 Å². The van der Waals surface area contributed by atoms with Crippen molar-refractivity contribution in [3.63, 3.8) is 0 Å². The van der Waals surface area contributed by atoms with Gasteiger partial charge < -0.3 is 4.74 Å². The molecule has 0 aliphatic rings. The van der Waals surface area contributed by atoms with Crippen LogP contribution in [0.15, 0.2) is 48.5 Å². The molecule has 0 saturated carbocycles. The number of carbonyl (C=O) groups excluding carboxylic acids is 1. The van der Waals surface area contributed by atoms with E-state index in [1.54, 1.807) is 7.11 Å². The minimum atomic E-state index is 0.178. The van der Waals surface area contributed by atoms with Crippen molar-refractivity contribution in [3.8, 4) is 16.9 Å². The molecular weight excluding hydrogens is 286 g/mol. The summed E-state index contributed by atoms with van der Waals surface area (Å²) in [6, 6.07) is 15.7. The normalized spacial score (nSPS) is 11.0. The number of ether oxygens (including phenoxy) is 1. The summed E-state index contributed by atoms with van der Waals surface area (Å²) in [7, 11) is 1.64. The standard InChI is InChI=1S/C20H19NO2/c1-13(2)20-17(12-22)19(14-8-10-15(23-3)11-9-14)16-6-4-5-7-18(16)21-20/h4-13H,1-3H3. The average Bonchev–Trinajstić information content (AvgIpc) is 2.60. The molecule has 0 bridgehead atoms. The molecular formula is C20H19NO2. The van der Waals surface area contributed by atoms with E-state index in [4.69, 9.17) is 9.72 Å². The number of hydrogen-bond donors (Lipinski definition) is 0. The van der Waals surface area contributed by atoms with Crippen molar-refractivity contribution in [1.82, 2.24) is 4.98 Å². The predicted molar refractivity (Wildman–Crippen MR) is 93.2 cm³/mol. The monoisotopic (exact) mass is 305 g/mol. The van der Waals surface area contributed by atoms with Gasteiger partial charge in [-0.2, -0.15) is 0 Å². The molecule has 0 spiro atoms. The van der Waals surface area contributed by atoms with E-state index >= 15 is 0 Å². The van der Waals surface area contributed by atoms with Crippen LogP contribution < -0.4 is 4.74 Å². The van der Waals surface area contributed by atoms with Crippen LogP contribution in [0.1, 0.15) is 35.8 Å². The quantitative estimate of drug-likeness (QED) is 0.647.